The molecule has 0 aliphatic carbocycles. The zero-order valence-electron chi connectivity index (χ0n) is 14.1. The first-order valence-corrected chi connectivity index (χ1v) is 8.69. The monoisotopic (exact) mass is 332 g/mol. The SMILES string of the molecule is c1cnc(-c2ccccc2-c2c3ccccc3cc3ccccc23)nc1. The highest BCUT2D eigenvalue weighted by Crippen LogP contribution is 2.40. The minimum absolute atomic E-state index is 0.750. The fraction of sp³-hybridized carbons (Fsp3) is 0. The summed E-state index contributed by atoms with van der Waals surface area (Å²) < 4.78 is 0. The van der Waals surface area contributed by atoms with E-state index < -0.39 is 0 Å². The van der Waals surface area contributed by atoms with E-state index in [1.807, 2.05) is 12.1 Å². The van der Waals surface area contributed by atoms with Crippen LogP contribution in [-0.2, 0) is 0 Å². The maximum Gasteiger partial charge on any atom is 0.159 e. The second-order valence-corrected chi connectivity index (χ2v) is 6.31. The summed E-state index contributed by atoms with van der Waals surface area (Å²) in [7, 11) is 0. The Morgan fingerprint density at radius 1 is 0.500 bits per heavy atom. The number of hydrogen-bond acceptors (Lipinski definition) is 2. The highest BCUT2D eigenvalue weighted by Gasteiger charge is 2.14. The molecule has 4 aromatic carbocycles. The van der Waals surface area contributed by atoms with E-state index in [-0.39, 0.29) is 0 Å². The first-order chi connectivity index (χ1) is 12.9. The lowest BCUT2D eigenvalue weighted by Gasteiger charge is -2.15. The molecule has 0 aliphatic heterocycles. The summed E-state index contributed by atoms with van der Waals surface area (Å²) in [5.74, 6) is 0.750. The van der Waals surface area contributed by atoms with Crippen molar-refractivity contribution in [2.45, 2.75) is 0 Å². The van der Waals surface area contributed by atoms with Crippen LogP contribution < -0.4 is 0 Å². The fourth-order valence-corrected chi connectivity index (χ4v) is 3.64. The summed E-state index contributed by atoms with van der Waals surface area (Å²) in [4.78, 5) is 8.97. The van der Waals surface area contributed by atoms with E-state index in [4.69, 9.17) is 0 Å². The quantitative estimate of drug-likeness (QED) is 0.364. The van der Waals surface area contributed by atoms with Crippen molar-refractivity contribution in [3.63, 3.8) is 0 Å². The third-order valence-corrected chi connectivity index (χ3v) is 4.77. The average Bonchev–Trinajstić information content (AvgIpc) is 2.72. The molecule has 2 nitrogen and oxygen atoms in total. The lowest BCUT2D eigenvalue weighted by Crippen LogP contribution is -1.92. The Morgan fingerprint density at radius 2 is 1.04 bits per heavy atom. The first kappa shape index (κ1) is 14.8. The molecule has 122 valence electrons. The number of fused-ring (bicyclic) bond motifs is 2. The number of benzene rings is 4. The smallest absolute Gasteiger partial charge is 0.159 e. The molecule has 0 bridgehead atoms. The minimum Gasteiger partial charge on any atom is -0.237 e. The van der Waals surface area contributed by atoms with Gasteiger partial charge in [0.25, 0.3) is 0 Å². The highest BCUT2D eigenvalue weighted by molar-refractivity contribution is 6.14. The molecular formula is C24H16N2. The topological polar surface area (TPSA) is 25.8 Å². The van der Waals surface area contributed by atoms with Crippen LogP contribution in [-0.4, -0.2) is 9.97 Å². The van der Waals surface area contributed by atoms with Crippen molar-refractivity contribution in [1.29, 1.82) is 0 Å². The van der Waals surface area contributed by atoms with Gasteiger partial charge in [0.1, 0.15) is 0 Å². The molecule has 0 fully saturated rings. The lowest BCUT2D eigenvalue weighted by atomic mass is 9.89. The second-order valence-electron chi connectivity index (χ2n) is 6.31. The molecule has 0 amide bonds. The number of aromatic nitrogens is 2. The van der Waals surface area contributed by atoms with Gasteiger partial charge in [-0.3, -0.25) is 0 Å². The molecule has 5 rings (SSSR count). The van der Waals surface area contributed by atoms with E-state index in [0.29, 0.717) is 0 Å². The van der Waals surface area contributed by atoms with Gasteiger partial charge in [0.2, 0.25) is 0 Å². The van der Waals surface area contributed by atoms with Crippen molar-refractivity contribution in [2.75, 3.05) is 0 Å². The zero-order chi connectivity index (χ0) is 17.3. The van der Waals surface area contributed by atoms with E-state index in [2.05, 4.69) is 82.8 Å². The Morgan fingerprint density at radius 3 is 1.69 bits per heavy atom. The Hall–Kier alpha value is -3.52. The van der Waals surface area contributed by atoms with Gasteiger partial charge in [0.15, 0.2) is 5.82 Å². The van der Waals surface area contributed by atoms with Gasteiger partial charge >= 0.3 is 0 Å². The van der Waals surface area contributed by atoms with Crippen molar-refractivity contribution < 1.29 is 0 Å². The second kappa shape index (κ2) is 6.08. The van der Waals surface area contributed by atoms with Crippen molar-refractivity contribution in [3.8, 4) is 22.5 Å². The molecule has 2 heteroatoms. The Kier molecular flexibility index (Phi) is 3.46. The molecule has 1 aromatic heterocycles. The van der Waals surface area contributed by atoms with E-state index in [9.17, 15) is 0 Å². The van der Waals surface area contributed by atoms with E-state index in [0.717, 1.165) is 17.0 Å². The Bertz CT molecular complexity index is 1170. The van der Waals surface area contributed by atoms with Crippen LogP contribution in [0.4, 0.5) is 0 Å². The molecule has 0 aliphatic rings. The normalized spacial score (nSPS) is 11.1. The third kappa shape index (κ3) is 2.35. The molecular weight excluding hydrogens is 316 g/mol. The number of hydrogen-bond donors (Lipinski definition) is 0. The average molecular weight is 332 g/mol. The Balaban J connectivity index is 1.94. The molecule has 0 atom stereocenters. The van der Waals surface area contributed by atoms with E-state index in [1.54, 1.807) is 12.4 Å². The van der Waals surface area contributed by atoms with Gasteiger partial charge in [-0.1, -0.05) is 72.8 Å². The van der Waals surface area contributed by atoms with Gasteiger partial charge in [-0.15, -0.1) is 0 Å². The first-order valence-electron chi connectivity index (χ1n) is 8.69. The molecule has 0 saturated carbocycles. The predicted molar refractivity (Wildman–Crippen MR) is 108 cm³/mol. The van der Waals surface area contributed by atoms with Crippen LogP contribution in [0.2, 0.25) is 0 Å². The van der Waals surface area contributed by atoms with Gasteiger partial charge in [-0.05, 0) is 44.8 Å². The summed E-state index contributed by atoms with van der Waals surface area (Å²) in [6, 6.07) is 29.6. The lowest BCUT2D eigenvalue weighted by molar-refractivity contribution is 1.18. The van der Waals surface area contributed by atoms with Gasteiger partial charge < -0.3 is 0 Å². The van der Waals surface area contributed by atoms with E-state index in [1.165, 1.54) is 27.1 Å². The molecule has 1 heterocycles. The van der Waals surface area contributed by atoms with Gasteiger partial charge in [0, 0.05) is 18.0 Å². The minimum atomic E-state index is 0.750. The van der Waals surface area contributed by atoms with Crippen LogP contribution in [0.25, 0.3) is 44.1 Å². The summed E-state index contributed by atoms with van der Waals surface area (Å²) in [5.41, 5.74) is 3.45. The van der Waals surface area contributed by atoms with Crippen LogP contribution in [0.15, 0.2) is 97.3 Å². The van der Waals surface area contributed by atoms with Crippen LogP contribution in [0.3, 0.4) is 0 Å². The molecule has 26 heavy (non-hydrogen) atoms. The van der Waals surface area contributed by atoms with E-state index >= 15 is 0 Å². The maximum absolute atomic E-state index is 4.48. The molecule has 0 saturated heterocycles. The standard InChI is InChI=1S/C24H16N2/c1-3-10-19-17(8-1)16-18-9-2-4-11-20(18)23(19)21-12-5-6-13-22(21)24-25-14-7-15-26-24/h1-16H. The summed E-state index contributed by atoms with van der Waals surface area (Å²) in [5, 5.41) is 4.97. The highest BCUT2D eigenvalue weighted by atomic mass is 14.9. The molecule has 0 N–H and O–H groups in total. The fourth-order valence-electron chi connectivity index (χ4n) is 3.64. The third-order valence-electron chi connectivity index (χ3n) is 4.77. The summed E-state index contributed by atoms with van der Waals surface area (Å²) in [6.45, 7) is 0. The molecule has 5 aromatic rings. The Labute approximate surface area is 151 Å². The van der Waals surface area contributed by atoms with Crippen molar-refractivity contribution >= 4 is 21.5 Å². The largest absolute Gasteiger partial charge is 0.237 e. The molecule has 0 spiro atoms. The van der Waals surface area contributed by atoms with Crippen LogP contribution in [0.1, 0.15) is 0 Å². The molecule has 0 unspecified atom stereocenters. The van der Waals surface area contributed by atoms with Crippen molar-refractivity contribution in [1.82, 2.24) is 9.97 Å². The van der Waals surface area contributed by atoms with Gasteiger partial charge in [-0.25, -0.2) is 9.97 Å². The van der Waals surface area contributed by atoms with Crippen molar-refractivity contribution in [2.24, 2.45) is 0 Å². The number of rotatable bonds is 2. The zero-order valence-corrected chi connectivity index (χ0v) is 14.1. The number of nitrogens with zero attached hydrogens (tertiary/aromatic N) is 2. The van der Waals surface area contributed by atoms with Crippen LogP contribution >= 0.6 is 0 Å². The molecule has 0 radical (unpaired) electrons. The maximum atomic E-state index is 4.48. The van der Waals surface area contributed by atoms with Crippen LogP contribution in [0.5, 0.6) is 0 Å². The van der Waals surface area contributed by atoms with Gasteiger partial charge in [0.05, 0.1) is 0 Å². The van der Waals surface area contributed by atoms with Crippen molar-refractivity contribution in [3.05, 3.63) is 97.3 Å². The summed E-state index contributed by atoms with van der Waals surface area (Å²) in [6.07, 6.45) is 3.58. The van der Waals surface area contributed by atoms with Gasteiger partial charge in [-0.2, -0.15) is 0 Å². The summed E-state index contributed by atoms with van der Waals surface area (Å²) >= 11 is 0. The van der Waals surface area contributed by atoms with Crippen LogP contribution in [0, 0.1) is 0 Å². The predicted octanol–water partition coefficient (Wildman–Crippen LogP) is 6.12.